The summed E-state index contributed by atoms with van der Waals surface area (Å²) in [5, 5.41) is 0. The van der Waals surface area contributed by atoms with Gasteiger partial charge in [0.05, 0.1) is 0 Å². The van der Waals surface area contributed by atoms with E-state index < -0.39 is 0 Å². The number of nitrogen functional groups attached to an aromatic ring is 1. The third-order valence-corrected chi connectivity index (χ3v) is 2.77. The van der Waals surface area contributed by atoms with E-state index in [-0.39, 0.29) is 0 Å². The topological polar surface area (TPSA) is 51.8 Å². The Morgan fingerprint density at radius 1 is 1.29 bits per heavy atom. The Kier molecular flexibility index (Phi) is 2.66. The zero-order valence-corrected chi connectivity index (χ0v) is 8.71. The number of nitrogens with zero attached hydrogens (tertiary/aromatic N) is 2. The third kappa shape index (κ3) is 1.72. The van der Waals surface area contributed by atoms with Crippen molar-refractivity contribution in [3.63, 3.8) is 0 Å². The molecule has 1 aliphatic rings. The lowest BCUT2D eigenvalue weighted by molar-refractivity contribution is 0.746. The lowest BCUT2D eigenvalue weighted by atomic mass is 10.2. The summed E-state index contributed by atoms with van der Waals surface area (Å²) in [5.74, 6) is 1.66. The van der Waals surface area contributed by atoms with Crippen LogP contribution in [-0.4, -0.2) is 9.97 Å². The molecular weight excluding hydrogens is 174 g/mol. The highest BCUT2D eigenvalue weighted by Gasteiger charge is 2.17. The van der Waals surface area contributed by atoms with Gasteiger partial charge in [0.15, 0.2) is 0 Å². The van der Waals surface area contributed by atoms with Gasteiger partial charge in [-0.3, -0.25) is 0 Å². The molecule has 1 heterocycles. The predicted molar refractivity (Wildman–Crippen MR) is 57.1 cm³/mol. The molecule has 76 valence electrons. The largest absolute Gasteiger partial charge is 0.383 e. The van der Waals surface area contributed by atoms with Crippen LogP contribution in [0.25, 0.3) is 0 Å². The van der Waals surface area contributed by atoms with Crippen LogP contribution in [0.15, 0.2) is 0 Å². The van der Waals surface area contributed by atoms with Gasteiger partial charge < -0.3 is 5.73 Å². The van der Waals surface area contributed by atoms with Gasteiger partial charge in [-0.15, -0.1) is 0 Å². The van der Waals surface area contributed by atoms with Crippen LogP contribution in [0.3, 0.4) is 0 Å². The number of aryl methyl sites for hydroxylation is 2. The van der Waals surface area contributed by atoms with E-state index in [1.165, 1.54) is 24.1 Å². The van der Waals surface area contributed by atoms with Crippen LogP contribution >= 0.6 is 0 Å². The molecule has 2 N–H and O–H groups in total. The van der Waals surface area contributed by atoms with E-state index in [0.717, 1.165) is 37.3 Å². The summed E-state index contributed by atoms with van der Waals surface area (Å²) in [4.78, 5) is 8.91. The molecule has 0 aromatic carbocycles. The smallest absolute Gasteiger partial charge is 0.131 e. The first-order valence-electron chi connectivity index (χ1n) is 5.45. The second-order valence-electron chi connectivity index (χ2n) is 3.91. The van der Waals surface area contributed by atoms with Gasteiger partial charge in [0.2, 0.25) is 0 Å². The predicted octanol–water partition coefficient (Wildman–Crippen LogP) is 1.89. The molecule has 1 aliphatic carbocycles. The summed E-state index contributed by atoms with van der Waals surface area (Å²) in [7, 11) is 0. The Morgan fingerprint density at radius 3 is 2.93 bits per heavy atom. The fraction of sp³-hybridized carbons (Fsp3) is 0.636. The minimum absolute atomic E-state index is 0.721. The molecule has 0 fully saturated rings. The quantitative estimate of drug-likeness (QED) is 0.793. The van der Waals surface area contributed by atoms with E-state index in [4.69, 9.17) is 5.73 Å². The van der Waals surface area contributed by atoms with Crippen molar-refractivity contribution in [2.45, 2.75) is 45.4 Å². The van der Waals surface area contributed by atoms with Gasteiger partial charge in [0, 0.05) is 17.7 Å². The maximum Gasteiger partial charge on any atom is 0.131 e. The average Bonchev–Trinajstić information content (AvgIpc) is 2.63. The monoisotopic (exact) mass is 191 g/mol. The van der Waals surface area contributed by atoms with Gasteiger partial charge in [-0.25, -0.2) is 9.97 Å². The SMILES string of the molecule is CCCCc1nc(N)c2c(n1)CCC2. The van der Waals surface area contributed by atoms with Crippen LogP contribution in [0.5, 0.6) is 0 Å². The number of anilines is 1. The number of unbranched alkanes of at least 4 members (excludes halogenated alkanes) is 1. The van der Waals surface area contributed by atoms with Crippen LogP contribution in [0.4, 0.5) is 5.82 Å². The van der Waals surface area contributed by atoms with Gasteiger partial charge in [0.25, 0.3) is 0 Å². The first-order valence-corrected chi connectivity index (χ1v) is 5.45. The Bertz CT molecular complexity index is 334. The molecule has 0 unspecified atom stereocenters. The third-order valence-electron chi connectivity index (χ3n) is 2.77. The van der Waals surface area contributed by atoms with Crippen LogP contribution in [0.1, 0.15) is 43.3 Å². The fourth-order valence-corrected chi connectivity index (χ4v) is 1.96. The second kappa shape index (κ2) is 3.95. The lowest BCUT2D eigenvalue weighted by Gasteiger charge is -2.05. The molecular formula is C11H17N3. The summed E-state index contributed by atoms with van der Waals surface area (Å²) in [6, 6.07) is 0. The van der Waals surface area contributed by atoms with Gasteiger partial charge in [0.1, 0.15) is 11.6 Å². The molecule has 14 heavy (non-hydrogen) atoms. The minimum Gasteiger partial charge on any atom is -0.383 e. The summed E-state index contributed by atoms with van der Waals surface area (Å²) in [6.07, 6.45) is 6.63. The Morgan fingerprint density at radius 2 is 2.14 bits per heavy atom. The number of fused-ring (bicyclic) bond motifs is 1. The highest BCUT2D eigenvalue weighted by atomic mass is 15.0. The van der Waals surface area contributed by atoms with E-state index >= 15 is 0 Å². The molecule has 1 aromatic rings. The molecule has 0 spiro atoms. The molecule has 3 nitrogen and oxygen atoms in total. The summed E-state index contributed by atoms with van der Waals surface area (Å²) >= 11 is 0. The molecule has 3 heteroatoms. The van der Waals surface area contributed by atoms with Crippen molar-refractivity contribution in [3.05, 3.63) is 17.1 Å². The maximum absolute atomic E-state index is 5.89. The van der Waals surface area contributed by atoms with E-state index in [1.54, 1.807) is 0 Å². The first kappa shape index (κ1) is 9.44. The van der Waals surface area contributed by atoms with Gasteiger partial charge >= 0.3 is 0 Å². The van der Waals surface area contributed by atoms with Crippen molar-refractivity contribution in [2.24, 2.45) is 0 Å². The van der Waals surface area contributed by atoms with Gasteiger partial charge in [-0.05, 0) is 25.7 Å². The fourth-order valence-electron chi connectivity index (χ4n) is 1.96. The molecule has 0 amide bonds. The molecule has 0 atom stereocenters. The minimum atomic E-state index is 0.721. The van der Waals surface area contributed by atoms with Crippen LogP contribution in [0.2, 0.25) is 0 Å². The average molecular weight is 191 g/mol. The number of aromatic nitrogens is 2. The highest BCUT2D eigenvalue weighted by Crippen LogP contribution is 2.24. The standard InChI is InChI=1S/C11H17N3/c1-2-3-7-10-13-9-6-4-5-8(9)11(12)14-10/h2-7H2,1H3,(H2,12,13,14). The molecule has 1 aromatic heterocycles. The number of hydrogen-bond acceptors (Lipinski definition) is 3. The normalized spacial score (nSPS) is 14.4. The number of hydrogen-bond donors (Lipinski definition) is 1. The first-order chi connectivity index (χ1) is 6.81. The van der Waals surface area contributed by atoms with Crippen molar-refractivity contribution in [1.82, 2.24) is 9.97 Å². The maximum atomic E-state index is 5.89. The van der Waals surface area contributed by atoms with Crippen molar-refractivity contribution < 1.29 is 0 Å². The Labute approximate surface area is 84.8 Å². The lowest BCUT2D eigenvalue weighted by Crippen LogP contribution is -2.05. The van der Waals surface area contributed by atoms with E-state index in [2.05, 4.69) is 16.9 Å². The van der Waals surface area contributed by atoms with Crippen molar-refractivity contribution in [3.8, 4) is 0 Å². The Hall–Kier alpha value is -1.12. The van der Waals surface area contributed by atoms with Gasteiger partial charge in [-0.2, -0.15) is 0 Å². The van der Waals surface area contributed by atoms with Crippen molar-refractivity contribution in [1.29, 1.82) is 0 Å². The van der Waals surface area contributed by atoms with Crippen molar-refractivity contribution >= 4 is 5.82 Å². The molecule has 2 rings (SSSR count). The molecule has 0 bridgehead atoms. The number of nitrogens with two attached hydrogens (primary N) is 1. The van der Waals surface area contributed by atoms with Crippen molar-refractivity contribution in [2.75, 3.05) is 5.73 Å². The summed E-state index contributed by atoms with van der Waals surface area (Å²) < 4.78 is 0. The molecule has 0 aliphatic heterocycles. The zero-order valence-electron chi connectivity index (χ0n) is 8.71. The highest BCUT2D eigenvalue weighted by molar-refractivity contribution is 5.44. The molecule has 0 saturated carbocycles. The second-order valence-corrected chi connectivity index (χ2v) is 3.91. The van der Waals surface area contributed by atoms with Gasteiger partial charge in [-0.1, -0.05) is 13.3 Å². The number of rotatable bonds is 3. The zero-order chi connectivity index (χ0) is 9.97. The Balaban J connectivity index is 2.23. The van der Waals surface area contributed by atoms with Crippen LogP contribution in [0, 0.1) is 0 Å². The van der Waals surface area contributed by atoms with E-state index in [1.807, 2.05) is 0 Å². The van der Waals surface area contributed by atoms with Crippen LogP contribution in [-0.2, 0) is 19.3 Å². The molecule has 0 saturated heterocycles. The summed E-state index contributed by atoms with van der Waals surface area (Å²) in [6.45, 7) is 2.18. The van der Waals surface area contributed by atoms with E-state index in [0.29, 0.717) is 0 Å². The molecule has 0 radical (unpaired) electrons. The van der Waals surface area contributed by atoms with E-state index in [9.17, 15) is 0 Å². The summed E-state index contributed by atoms with van der Waals surface area (Å²) in [5.41, 5.74) is 8.29. The van der Waals surface area contributed by atoms with Crippen LogP contribution < -0.4 is 5.73 Å².